The quantitative estimate of drug-likeness (QED) is 0.722. The third kappa shape index (κ3) is 4.45. The van der Waals surface area contributed by atoms with Crippen LogP contribution in [0.4, 0.5) is 0 Å². The number of nitrogens with zero attached hydrogens (tertiary/aromatic N) is 1. The van der Waals surface area contributed by atoms with Crippen LogP contribution >= 0.6 is 22.9 Å². The Morgan fingerprint density at radius 3 is 2.06 bits per heavy atom. The lowest BCUT2D eigenvalue weighted by molar-refractivity contribution is 0.872. The smallest absolute Gasteiger partial charge is 0.0409 e. The van der Waals surface area contributed by atoms with Crippen molar-refractivity contribution in [1.29, 1.82) is 0 Å². The van der Waals surface area contributed by atoms with Gasteiger partial charge in [-0.25, -0.2) is 4.37 Å². The van der Waals surface area contributed by atoms with Gasteiger partial charge in [0.1, 0.15) is 0 Å². The first kappa shape index (κ1) is 13.4. The first-order valence-corrected chi connectivity index (χ1v) is 7.25. The Bertz CT molecular complexity index is 322. The fraction of sp³-hybridized carbons (Fsp3) is 0.462. The lowest BCUT2D eigenvalue weighted by Gasteiger charge is -1.96. The maximum Gasteiger partial charge on any atom is 0.0409 e. The molecule has 0 aliphatic rings. The molecule has 0 amide bonds. The van der Waals surface area contributed by atoms with Gasteiger partial charge in [0, 0.05) is 11.1 Å². The minimum absolute atomic E-state index is 0.641. The molecular weight excluding hydrogens is 234 g/mol. The molecular formula is C13H19NS2. The van der Waals surface area contributed by atoms with E-state index >= 15 is 0 Å². The minimum Gasteiger partial charge on any atom is -0.201 e. The molecule has 0 unspecified atom stereocenters. The third-order valence-electron chi connectivity index (χ3n) is 2.24. The van der Waals surface area contributed by atoms with Gasteiger partial charge in [0.05, 0.1) is 0 Å². The zero-order chi connectivity index (χ0) is 12.0. The standard InChI is InChI=1S/C7H10S.C6H9NS/c1-6(2)7-3-4-8-5-7;1-5(2)6-3-4-7-8-6/h3-6H,1-2H3;3-5H,1-2H3. The highest BCUT2D eigenvalue weighted by molar-refractivity contribution is 7.08. The van der Waals surface area contributed by atoms with Crippen LogP contribution in [0.1, 0.15) is 50.0 Å². The van der Waals surface area contributed by atoms with Crippen molar-refractivity contribution in [3.63, 3.8) is 0 Å². The zero-order valence-corrected chi connectivity index (χ0v) is 11.9. The molecule has 88 valence electrons. The van der Waals surface area contributed by atoms with Gasteiger partial charge in [-0.15, -0.1) is 0 Å². The van der Waals surface area contributed by atoms with Crippen LogP contribution in [0.3, 0.4) is 0 Å². The number of thiophene rings is 1. The van der Waals surface area contributed by atoms with Gasteiger partial charge in [0.2, 0.25) is 0 Å². The molecule has 3 heteroatoms. The van der Waals surface area contributed by atoms with Crippen molar-refractivity contribution in [3.8, 4) is 0 Å². The Hall–Kier alpha value is -0.670. The maximum absolute atomic E-state index is 3.99. The fourth-order valence-electron chi connectivity index (χ4n) is 1.13. The second-order valence-corrected chi connectivity index (χ2v) is 5.93. The third-order valence-corrected chi connectivity index (χ3v) is 3.98. The van der Waals surface area contributed by atoms with Gasteiger partial charge in [0.25, 0.3) is 0 Å². The summed E-state index contributed by atoms with van der Waals surface area (Å²) >= 11 is 3.35. The normalized spacial score (nSPS) is 10.4. The van der Waals surface area contributed by atoms with E-state index in [1.54, 1.807) is 22.9 Å². The summed E-state index contributed by atoms with van der Waals surface area (Å²) in [7, 11) is 0. The monoisotopic (exact) mass is 253 g/mol. The number of hydrogen-bond donors (Lipinski definition) is 0. The average Bonchev–Trinajstić information content (AvgIpc) is 2.93. The van der Waals surface area contributed by atoms with Crippen LogP contribution in [0.2, 0.25) is 0 Å². The van der Waals surface area contributed by atoms with Crippen molar-refractivity contribution >= 4 is 22.9 Å². The van der Waals surface area contributed by atoms with Gasteiger partial charge in [0.15, 0.2) is 0 Å². The number of hydrogen-bond acceptors (Lipinski definition) is 3. The molecule has 0 spiro atoms. The number of aromatic nitrogens is 1. The highest BCUT2D eigenvalue weighted by Gasteiger charge is 1.97. The van der Waals surface area contributed by atoms with Gasteiger partial charge in [-0.3, -0.25) is 0 Å². The second-order valence-electron chi connectivity index (χ2n) is 4.28. The SMILES string of the molecule is CC(C)c1ccns1.CC(C)c1ccsc1. The van der Waals surface area contributed by atoms with Crippen molar-refractivity contribution in [2.24, 2.45) is 0 Å². The molecule has 0 aliphatic heterocycles. The summed E-state index contributed by atoms with van der Waals surface area (Å²) < 4.78 is 3.99. The van der Waals surface area contributed by atoms with E-state index in [1.807, 2.05) is 6.20 Å². The van der Waals surface area contributed by atoms with Gasteiger partial charge < -0.3 is 0 Å². The van der Waals surface area contributed by atoms with Crippen molar-refractivity contribution in [2.45, 2.75) is 39.5 Å². The summed E-state index contributed by atoms with van der Waals surface area (Å²) in [5.41, 5.74) is 1.45. The van der Waals surface area contributed by atoms with Gasteiger partial charge in [-0.05, 0) is 51.8 Å². The molecule has 1 nitrogen and oxygen atoms in total. The van der Waals surface area contributed by atoms with Crippen LogP contribution in [0.5, 0.6) is 0 Å². The Balaban J connectivity index is 0.000000160. The van der Waals surface area contributed by atoms with E-state index in [0.717, 1.165) is 0 Å². The Morgan fingerprint density at radius 2 is 1.81 bits per heavy atom. The van der Waals surface area contributed by atoms with E-state index in [-0.39, 0.29) is 0 Å². The fourth-order valence-corrected chi connectivity index (χ4v) is 2.53. The molecule has 0 bridgehead atoms. The first-order chi connectivity index (χ1) is 7.61. The highest BCUT2D eigenvalue weighted by Crippen LogP contribution is 2.16. The van der Waals surface area contributed by atoms with E-state index in [0.29, 0.717) is 11.8 Å². The summed E-state index contributed by atoms with van der Waals surface area (Å²) in [5, 5.41) is 4.32. The second kappa shape index (κ2) is 6.81. The summed E-state index contributed by atoms with van der Waals surface area (Å²) in [6.45, 7) is 8.77. The van der Waals surface area contributed by atoms with E-state index in [4.69, 9.17) is 0 Å². The summed E-state index contributed by atoms with van der Waals surface area (Å²) in [6.07, 6.45) is 1.85. The predicted octanol–water partition coefficient (Wildman–Crippen LogP) is 5.14. The molecule has 0 saturated heterocycles. The van der Waals surface area contributed by atoms with E-state index < -0.39 is 0 Å². The molecule has 2 heterocycles. The topological polar surface area (TPSA) is 12.9 Å². The molecule has 0 fully saturated rings. The van der Waals surface area contributed by atoms with E-state index in [1.165, 1.54) is 10.4 Å². The summed E-state index contributed by atoms with van der Waals surface area (Å²) in [4.78, 5) is 1.37. The van der Waals surface area contributed by atoms with Crippen LogP contribution in [0.15, 0.2) is 29.1 Å². The molecule has 0 atom stereocenters. The molecule has 16 heavy (non-hydrogen) atoms. The number of rotatable bonds is 2. The predicted molar refractivity (Wildman–Crippen MR) is 74.6 cm³/mol. The zero-order valence-electron chi connectivity index (χ0n) is 10.3. The average molecular weight is 253 g/mol. The molecule has 0 aromatic carbocycles. The van der Waals surface area contributed by atoms with E-state index in [2.05, 4.69) is 55.0 Å². The highest BCUT2D eigenvalue weighted by atomic mass is 32.1. The molecule has 0 radical (unpaired) electrons. The molecule has 0 aliphatic carbocycles. The van der Waals surface area contributed by atoms with Crippen molar-refractivity contribution in [3.05, 3.63) is 39.5 Å². The molecule has 2 rings (SSSR count). The lowest BCUT2D eigenvalue weighted by Crippen LogP contribution is -1.79. The van der Waals surface area contributed by atoms with Crippen LogP contribution in [0.25, 0.3) is 0 Å². The van der Waals surface area contributed by atoms with Crippen LogP contribution in [-0.4, -0.2) is 4.37 Å². The van der Waals surface area contributed by atoms with Gasteiger partial charge >= 0.3 is 0 Å². The molecule has 0 N–H and O–H groups in total. The lowest BCUT2D eigenvalue weighted by atomic mass is 10.1. The Labute approximate surface area is 106 Å². The largest absolute Gasteiger partial charge is 0.201 e. The molecule has 0 saturated carbocycles. The van der Waals surface area contributed by atoms with Gasteiger partial charge in [-0.1, -0.05) is 27.7 Å². The maximum atomic E-state index is 3.99. The minimum atomic E-state index is 0.641. The summed E-state index contributed by atoms with van der Waals surface area (Å²) in [5.74, 6) is 1.34. The van der Waals surface area contributed by atoms with Crippen molar-refractivity contribution < 1.29 is 0 Å². The van der Waals surface area contributed by atoms with Gasteiger partial charge in [-0.2, -0.15) is 11.3 Å². The first-order valence-electron chi connectivity index (χ1n) is 5.54. The Morgan fingerprint density at radius 1 is 1.06 bits per heavy atom. The van der Waals surface area contributed by atoms with E-state index in [9.17, 15) is 0 Å². The molecule has 2 aromatic rings. The van der Waals surface area contributed by atoms with Crippen LogP contribution < -0.4 is 0 Å². The van der Waals surface area contributed by atoms with Crippen molar-refractivity contribution in [1.82, 2.24) is 4.37 Å². The van der Waals surface area contributed by atoms with Crippen LogP contribution in [-0.2, 0) is 0 Å². The molecule has 2 aromatic heterocycles. The Kier molecular flexibility index (Phi) is 5.71. The van der Waals surface area contributed by atoms with Crippen LogP contribution in [0, 0.1) is 0 Å². The summed E-state index contributed by atoms with van der Waals surface area (Å²) in [6, 6.07) is 4.24. The van der Waals surface area contributed by atoms with Crippen molar-refractivity contribution in [2.75, 3.05) is 0 Å².